The van der Waals surface area contributed by atoms with Gasteiger partial charge < -0.3 is 10.6 Å². The van der Waals surface area contributed by atoms with Crippen molar-refractivity contribution in [1.29, 1.82) is 0 Å². The van der Waals surface area contributed by atoms with Gasteiger partial charge in [-0.3, -0.25) is 4.98 Å². The fourth-order valence-electron chi connectivity index (χ4n) is 1.58. The summed E-state index contributed by atoms with van der Waals surface area (Å²) in [6.45, 7) is 2.04. The maximum absolute atomic E-state index is 13.1. The van der Waals surface area contributed by atoms with Crippen LogP contribution in [0.5, 0.6) is 0 Å². The third-order valence-electron chi connectivity index (χ3n) is 2.59. The number of aromatic nitrogens is 1. The first kappa shape index (κ1) is 13.0. The maximum Gasteiger partial charge on any atom is 0.319 e. The van der Waals surface area contributed by atoms with Crippen molar-refractivity contribution in [2.24, 2.45) is 0 Å². The Morgan fingerprint density at radius 1 is 1.37 bits per heavy atom. The molecule has 4 nitrogen and oxygen atoms in total. The van der Waals surface area contributed by atoms with E-state index in [1.54, 1.807) is 31.5 Å². The summed E-state index contributed by atoms with van der Waals surface area (Å²) in [5.41, 5.74) is 1.96. The molecule has 0 atom stereocenters. The molecule has 0 spiro atoms. The van der Waals surface area contributed by atoms with E-state index in [-0.39, 0.29) is 11.8 Å². The van der Waals surface area contributed by atoms with Crippen LogP contribution in [0.2, 0.25) is 0 Å². The Bertz CT molecular complexity index is 572. The van der Waals surface area contributed by atoms with E-state index in [0.29, 0.717) is 17.8 Å². The van der Waals surface area contributed by atoms with Gasteiger partial charge in [0.05, 0.1) is 0 Å². The van der Waals surface area contributed by atoms with Gasteiger partial charge in [-0.25, -0.2) is 9.18 Å². The van der Waals surface area contributed by atoms with Gasteiger partial charge in [-0.1, -0.05) is 6.07 Å². The van der Waals surface area contributed by atoms with Crippen LogP contribution in [-0.2, 0) is 6.54 Å². The molecule has 1 heterocycles. The first-order valence-corrected chi connectivity index (χ1v) is 5.85. The number of carbonyl (C=O) groups is 1. The standard InChI is InChI=1S/C14H14FN3O/c1-10-7-12(4-5-13(10)15)18-14(19)17-9-11-3-2-6-16-8-11/h2-8H,9H2,1H3,(H2,17,18,19). The minimum atomic E-state index is -0.338. The molecule has 0 saturated heterocycles. The molecular weight excluding hydrogens is 245 g/mol. The van der Waals surface area contributed by atoms with Crippen molar-refractivity contribution in [3.05, 3.63) is 59.7 Å². The van der Waals surface area contributed by atoms with Crippen molar-refractivity contribution in [3.63, 3.8) is 0 Å². The summed E-state index contributed by atoms with van der Waals surface area (Å²) < 4.78 is 13.1. The van der Waals surface area contributed by atoms with Gasteiger partial charge in [-0.15, -0.1) is 0 Å². The predicted molar refractivity (Wildman–Crippen MR) is 71.2 cm³/mol. The van der Waals surface area contributed by atoms with Gasteiger partial charge in [-0.2, -0.15) is 0 Å². The second kappa shape index (κ2) is 5.95. The van der Waals surface area contributed by atoms with Crippen LogP contribution in [0.4, 0.5) is 14.9 Å². The van der Waals surface area contributed by atoms with Gasteiger partial charge in [0.2, 0.25) is 0 Å². The van der Waals surface area contributed by atoms with Gasteiger partial charge in [0.25, 0.3) is 0 Å². The Hall–Kier alpha value is -2.43. The minimum absolute atomic E-state index is 0.290. The Morgan fingerprint density at radius 3 is 2.89 bits per heavy atom. The highest BCUT2D eigenvalue weighted by Crippen LogP contribution is 2.13. The zero-order valence-corrected chi connectivity index (χ0v) is 10.5. The van der Waals surface area contributed by atoms with Crippen LogP contribution >= 0.6 is 0 Å². The normalized spacial score (nSPS) is 10.0. The molecule has 0 fully saturated rings. The Morgan fingerprint density at radius 2 is 2.21 bits per heavy atom. The smallest absolute Gasteiger partial charge is 0.319 e. The minimum Gasteiger partial charge on any atom is -0.334 e. The number of urea groups is 1. The average Bonchev–Trinajstić information content (AvgIpc) is 2.42. The number of nitrogens with one attached hydrogen (secondary N) is 2. The Kier molecular flexibility index (Phi) is 4.07. The number of aryl methyl sites for hydroxylation is 1. The number of benzene rings is 1. The summed E-state index contributed by atoms with van der Waals surface area (Å²) >= 11 is 0. The highest BCUT2D eigenvalue weighted by atomic mass is 19.1. The summed E-state index contributed by atoms with van der Waals surface area (Å²) in [5.74, 6) is -0.290. The summed E-state index contributed by atoms with van der Waals surface area (Å²) in [6.07, 6.45) is 3.35. The largest absolute Gasteiger partial charge is 0.334 e. The first-order chi connectivity index (χ1) is 9.15. The number of pyridine rings is 1. The van der Waals surface area contributed by atoms with Crippen LogP contribution in [0, 0.1) is 12.7 Å². The number of nitrogens with zero attached hydrogens (tertiary/aromatic N) is 1. The number of hydrogen-bond acceptors (Lipinski definition) is 2. The molecule has 1 aromatic heterocycles. The molecule has 0 bridgehead atoms. The molecule has 2 aromatic rings. The summed E-state index contributed by atoms with van der Waals surface area (Å²) in [6, 6.07) is 7.76. The molecule has 5 heteroatoms. The van der Waals surface area contributed by atoms with Crippen LogP contribution in [0.3, 0.4) is 0 Å². The lowest BCUT2D eigenvalue weighted by atomic mass is 10.2. The number of halogens is 1. The van der Waals surface area contributed by atoms with E-state index in [1.165, 1.54) is 12.1 Å². The van der Waals surface area contributed by atoms with Gasteiger partial charge in [-0.05, 0) is 42.3 Å². The molecule has 0 aliphatic heterocycles. The van der Waals surface area contributed by atoms with Crippen LogP contribution < -0.4 is 10.6 Å². The summed E-state index contributed by atoms with van der Waals surface area (Å²) in [5, 5.41) is 5.34. The third-order valence-corrected chi connectivity index (χ3v) is 2.59. The number of amides is 2. The van der Waals surface area contributed by atoms with Crippen LogP contribution in [0.15, 0.2) is 42.7 Å². The van der Waals surface area contributed by atoms with E-state index in [4.69, 9.17) is 0 Å². The number of hydrogen-bond donors (Lipinski definition) is 2. The molecule has 2 rings (SSSR count). The van der Waals surface area contributed by atoms with Gasteiger partial charge >= 0.3 is 6.03 Å². The van der Waals surface area contributed by atoms with Crippen molar-refractivity contribution in [2.45, 2.75) is 13.5 Å². The SMILES string of the molecule is Cc1cc(NC(=O)NCc2cccnc2)ccc1F. The zero-order chi connectivity index (χ0) is 13.7. The lowest BCUT2D eigenvalue weighted by molar-refractivity contribution is 0.251. The summed E-state index contributed by atoms with van der Waals surface area (Å²) in [4.78, 5) is 15.6. The van der Waals surface area contributed by atoms with Crippen molar-refractivity contribution in [2.75, 3.05) is 5.32 Å². The molecule has 0 saturated carbocycles. The first-order valence-electron chi connectivity index (χ1n) is 5.85. The number of carbonyl (C=O) groups excluding carboxylic acids is 1. The molecule has 2 amide bonds. The Balaban J connectivity index is 1.89. The molecule has 1 aromatic carbocycles. The quantitative estimate of drug-likeness (QED) is 0.890. The fourth-order valence-corrected chi connectivity index (χ4v) is 1.58. The molecule has 0 aliphatic rings. The van der Waals surface area contributed by atoms with Crippen LogP contribution in [-0.4, -0.2) is 11.0 Å². The molecule has 0 unspecified atom stereocenters. The lowest BCUT2D eigenvalue weighted by Gasteiger charge is -2.08. The van der Waals surface area contributed by atoms with Crippen LogP contribution in [0.25, 0.3) is 0 Å². The van der Waals surface area contributed by atoms with E-state index in [9.17, 15) is 9.18 Å². The molecule has 19 heavy (non-hydrogen) atoms. The number of anilines is 1. The molecule has 98 valence electrons. The van der Waals surface area contributed by atoms with E-state index in [2.05, 4.69) is 15.6 Å². The van der Waals surface area contributed by atoms with E-state index in [1.807, 2.05) is 6.07 Å². The summed E-state index contributed by atoms with van der Waals surface area (Å²) in [7, 11) is 0. The lowest BCUT2D eigenvalue weighted by Crippen LogP contribution is -2.28. The highest BCUT2D eigenvalue weighted by molar-refractivity contribution is 5.89. The zero-order valence-electron chi connectivity index (χ0n) is 10.5. The van der Waals surface area contributed by atoms with Gasteiger partial charge in [0, 0.05) is 24.6 Å². The molecule has 0 aliphatic carbocycles. The van der Waals surface area contributed by atoms with Gasteiger partial charge in [0.15, 0.2) is 0 Å². The molecule has 2 N–H and O–H groups in total. The van der Waals surface area contributed by atoms with Crippen molar-refractivity contribution in [3.8, 4) is 0 Å². The molecule has 0 radical (unpaired) electrons. The van der Waals surface area contributed by atoms with E-state index >= 15 is 0 Å². The van der Waals surface area contributed by atoms with E-state index in [0.717, 1.165) is 5.56 Å². The number of rotatable bonds is 3. The third kappa shape index (κ3) is 3.77. The highest BCUT2D eigenvalue weighted by Gasteiger charge is 2.03. The van der Waals surface area contributed by atoms with Crippen LogP contribution in [0.1, 0.15) is 11.1 Å². The van der Waals surface area contributed by atoms with Crippen molar-refractivity contribution >= 4 is 11.7 Å². The van der Waals surface area contributed by atoms with E-state index < -0.39 is 0 Å². The van der Waals surface area contributed by atoms with Gasteiger partial charge in [0.1, 0.15) is 5.82 Å². The monoisotopic (exact) mass is 259 g/mol. The Labute approximate surface area is 110 Å². The predicted octanol–water partition coefficient (Wildman–Crippen LogP) is 2.85. The second-order valence-corrected chi connectivity index (χ2v) is 4.13. The maximum atomic E-state index is 13.1. The van der Waals surface area contributed by atoms with Crippen molar-refractivity contribution < 1.29 is 9.18 Å². The fraction of sp³-hybridized carbons (Fsp3) is 0.143. The molecular formula is C14H14FN3O. The van der Waals surface area contributed by atoms with Crippen molar-refractivity contribution in [1.82, 2.24) is 10.3 Å². The topological polar surface area (TPSA) is 54.0 Å². The second-order valence-electron chi connectivity index (χ2n) is 4.13. The average molecular weight is 259 g/mol.